The summed E-state index contributed by atoms with van der Waals surface area (Å²) in [5, 5.41) is 3.51. The average molecular weight is 347 g/mol. The molecule has 1 saturated carbocycles. The van der Waals surface area contributed by atoms with Crippen molar-refractivity contribution < 1.29 is 4.74 Å². The molecule has 1 aromatic rings. The summed E-state index contributed by atoms with van der Waals surface area (Å²) < 4.78 is 6.17. The van der Waals surface area contributed by atoms with Crippen LogP contribution in [0.5, 0.6) is 0 Å². The third-order valence-electron chi connectivity index (χ3n) is 5.31. The molecular formula is C22H38N2O. The van der Waals surface area contributed by atoms with Gasteiger partial charge >= 0.3 is 0 Å². The van der Waals surface area contributed by atoms with Crippen molar-refractivity contribution in [3.05, 3.63) is 30.3 Å². The lowest BCUT2D eigenvalue weighted by atomic mass is 9.91. The molecule has 0 radical (unpaired) electrons. The Kier molecular flexibility index (Phi) is 8.77. The first kappa shape index (κ1) is 20.3. The Balaban J connectivity index is 1.55. The second-order valence-corrected chi connectivity index (χ2v) is 8.28. The van der Waals surface area contributed by atoms with Crippen molar-refractivity contribution in [2.24, 2.45) is 11.8 Å². The highest BCUT2D eigenvalue weighted by Crippen LogP contribution is 2.25. The maximum Gasteiger partial charge on any atom is 0.0576 e. The second-order valence-electron chi connectivity index (χ2n) is 8.28. The molecular weight excluding hydrogens is 308 g/mol. The second kappa shape index (κ2) is 10.8. The molecule has 142 valence electrons. The van der Waals surface area contributed by atoms with Gasteiger partial charge in [0, 0.05) is 31.4 Å². The summed E-state index contributed by atoms with van der Waals surface area (Å²) in [5.41, 5.74) is 1.21. The lowest BCUT2D eigenvalue weighted by Gasteiger charge is -2.35. The van der Waals surface area contributed by atoms with Gasteiger partial charge in [-0.05, 0) is 63.1 Å². The number of hydrogen-bond acceptors (Lipinski definition) is 3. The molecule has 0 saturated heterocycles. The third kappa shape index (κ3) is 7.79. The highest BCUT2D eigenvalue weighted by atomic mass is 16.5. The number of nitrogens with zero attached hydrogens (tertiary/aromatic N) is 1. The summed E-state index contributed by atoms with van der Waals surface area (Å²) in [6.07, 6.45) is 6.65. The van der Waals surface area contributed by atoms with Crippen molar-refractivity contribution >= 4 is 5.69 Å². The van der Waals surface area contributed by atoms with Crippen LogP contribution in [0.4, 0.5) is 5.69 Å². The summed E-state index contributed by atoms with van der Waals surface area (Å²) >= 11 is 0. The van der Waals surface area contributed by atoms with E-state index in [0.717, 1.165) is 31.5 Å². The molecule has 3 nitrogen and oxygen atoms in total. The lowest BCUT2D eigenvalue weighted by molar-refractivity contribution is 0.00492. The fourth-order valence-electron chi connectivity index (χ4n) is 3.76. The maximum absolute atomic E-state index is 6.17. The van der Waals surface area contributed by atoms with Gasteiger partial charge in [0.15, 0.2) is 0 Å². The molecule has 1 N–H and O–H groups in total. The number of benzene rings is 1. The standard InChI is InChI=1S/C22H38N2O/c1-18(2)17-24(4)21-10-12-22(13-11-21)25-15-14-19(3)16-23-20-8-6-5-7-9-20/h5-9,18-19,21-23H,10-17H2,1-4H3. The third-order valence-corrected chi connectivity index (χ3v) is 5.31. The highest BCUT2D eigenvalue weighted by Gasteiger charge is 2.24. The van der Waals surface area contributed by atoms with E-state index >= 15 is 0 Å². The first-order valence-corrected chi connectivity index (χ1v) is 10.2. The Morgan fingerprint density at radius 3 is 2.40 bits per heavy atom. The summed E-state index contributed by atoms with van der Waals surface area (Å²) in [7, 11) is 2.28. The molecule has 25 heavy (non-hydrogen) atoms. The zero-order chi connectivity index (χ0) is 18.1. The van der Waals surface area contributed by atoms with Crippen LogP contribution in [0.3, 0.4) is 0 Å². The minimum atomic E-state index is 0.484. The summed E-state index contributed by atoms with van der Waals surface area (Å²) in [5.74, 6) is 1.39. The van der Waals surface area contributed by atoms with Gasteiger partial charge in [-0.25, -0.2) is 0 Å². The Morgan fingerprint density at radius 2 is 1.76 bits per heavy atom. The molecule has 1 aliphatic rings. The van der Waals surface area contributed by atoms with Gasteiger partial charge in [-0.3, -0.25) is 0 Å². The summed E-state index contributed by atoms with van der Waals surface area (Å²) in [4.78, 5) is 2.55. The highest BCUT2D eigenvalue weighted by molar-refractivity contribution is 5.42. The number of hydrogen-bond donors (Lipinski definition) is 1. The van der Waals surface area contributed by atoms with Gasteiger partial charge < -0.3 is 15.0 Å². The SMILES string of the molecule is CC(C)CN(C)C1CCC(OCCC(C)CNc2ccccc2)CC1. The molecule has 1 aliphatic carbocycles. The predicted molar refractivity (Wildman–Crippen MR) is 108 cm³/mol. The van der Waals surface area contributed by atoms with Crippen LogP contribution in [0.2, 0.25) is 0 Å². The number of para-hydroxylation sites is 1. The van der Waals surface area contributed by atoms with Crippen molar-refractivity contribution in [2.75, 3.05) is 32.1 Å². The van der Waals surface area contributed by atoms with E-state index < -0.39 is 0 Å². The number of anilines is 1. The van der Waals surface area contributed by atoms with Gasteiger partial charge in [-0.1, -0.05) is 39.0 Å². The van der Waals surface area contributed by atoms with Gasteiger partial charge in [0.05, 0.1) is 6.10 Å². The van der Waals surface area contributed by atoms with Crippen LogP contribution in [-0.4, -0.2) is 43.8 Å². The van der Waals surface area contributed by atoms with E-state index in [2.05, 4.69) is 68.4 Å². The van der Waals surface area contributed by atoms with Crippen molar-refractivity contribution in [3.63, 3.8) is 0 Å². The fourth-order valence-corrected chi connectivity index (χ4v) is 3.76. The molecule has 0 aliphatic heterocycles. The van der Waals surface area contributed by atoms with Crippen molar-refractivity contribution in [1.29, 1.82) is 0 Å². The largest absolute Gasteiger partial charge is 0.385 e. The molecule has 0 aromatic heterocycles. The van der Waals surface area contributed by atoms with E-state index in [9.17, 15) is 0 Å². The predicted octanol–water partition coefficient (Wildman–Crippen LogP) is 5.04. The van der Waals surface area contributed by atoms with Crippen molar-refractivity contribution in [2.45, 2.75) is 65.0 Å². The molecule has 3 heteroatoms. The monoisotopic (exact) mass is 346 g/mol. The molecule has 1 fully saturated rings. The molecule has 0 bridgehead atoms. The van der Waals surface area contributed by atoms with Gasteiger partial charge in [-0.2, -0.15) is 0 Å². The first-order valence-electron chi connectivity index (χ1n) is 10.2. The molecule has 1 atom stereocenters. The summed E-state index contributed by atoms with van der Waals surface area (Å²) in [6, 6.07) is 11.2. The Hall–Kier alpha value is -1.06. The minimum Gasteiger partial charge on any atom is -0.385 e. The normalized spacial score (nSPS) is 22.3. The van der Waals surface area contributed by atoms with E-state index in [0.29, 0.717) is 12.0 Å². The minimum absolute atomic E-state index is 0.484. The van der Waals surface area contributed by atoms with Crippen LogP contribution >= 0.6 is 0 Å². The Morgan fingerprint density at radius 1 is 1.08 bits per heavy atom. The van der Waals surface area contributed by atoms with E-state index in [-0.39, 0.29) is 0 Å². The number of nitrogens with one attached hydrogen (secondary N) is 1. The van der Waals surface area contributed by atoms with Crippen molar-refractivity contribution in [3.8, 4) is 0 Å². The topological polar surface area (TPSA) is 24.5 Å². The van der Waals surface area contributed by atoms with Crippen LogP contribution in [-0.2, 0) is 4.74 Å². The first-order chi connectivity index (χ1) is 12.0. The van der Waals surface area contributed by atoms with Crippen LogP contribution < -0.4 is 5.32 Å². The molecule has 1 unspecified atom stereocenters. The van der Waals surface area contributed by atoms with Crippen molar-refractivity contribution in [1.82, 2.24) is 4.90 Å². The quantitative estimate of drug-likeness (QED) is 0.642. The molecule has 1 aromatic carbocycles. The molecule has 0 heterocycles. The van der Waals surface area contributed by atoms with E-state index in [1.807, 2.05) is 0 Å². The van der Waals surface area contributed by atoms with E-state index in [1.54, 1.807) is 0 Å². The van der Waals surface area contributed by atoms with Crippen LogP contribution in [0.25, 0.3) is 0 Å². The summed E-state index contributed by atoms with van der Waals surface area (Å²) in [6.45, 7) is 10.0. The van der Waals surface area contributed by atoms with Crippen LogP contribution in [0, 0.1) is 11.8 Å². The molecule has 0 amide bonds. The van der Waals surface area contributed by atoms with Gasteiger partial charge in [0.25, 0.3) is 0 Å². The zero-order valence-corrected chi connectivity index (χ0v) is 16.7. The van der Waals surface area contributed by atoms with E-state index in [4.69, 9.17) is 4.74 Å². The zero-order valence-electron chi connectivity index (χ0n) is 16.7. The fraction of sp³-hybridized carbons (Fsp3) is 0.727. The van der Waals surface area contributed by atoms with Gasteiger partial charge in [0.1, 0.15) is 0 Å². The Bertz CT molecular complexity index is 454. The smallest absolute Gasteiger partial charge is 0.0576 e. The van der Waals surface area contributed by atoms with Crippen LogP contribution in [0.15, 0.2) is 30.3 Å². The van der Waals surface area contributed by atoms with E-state index in [1.165, 1.54) is 37.9 Å². The molecule has 0 spiro atoms. The van der Waals surface area contributed by atoms with Gasteiger partial charge in [-0.15, -0.1) is 0 Å². The Labute approximate surface area is 155 Å². The average Bonchev–Trinajstić information content (AvgIpc) is 2.61. The maximum atomic E-state index is 6.17. The lowest BCUT2D eigenvalue weighted by Crippen LogP contribution is -2.38. The van der Waals surface area contributed by atoms with Crippen LogP contribution in [0.1, 0.15) is 52.9 Å². The molecule has 2 rings (SSSR count). The number of ether oxygens (including phenoxy) is 1. The number of rotatable bonds is 10. The van der Waals surface area contributed by atoms with Gasteiger partial charge in [0.2, 0.25) is 0 Å².